The Labute approximate surface area is 263 Å². The van der Waals surface area contributed by atoms with Gasteiger partial charge in [0.25, 0.3) is 0 Å². The van der Waals surface area contributed by atoms with Crippen LogP contribution in [0.4, 0.5) is 54.0 Å². The molecule has 3 aromatic carbocycles. The van der Waals surface area contributed by atoms with Crippen molar-refractivity contribution in [2.45, 2.75) is 6.92 Å². The minimum Gasteiger partial charge on any atom is -0.258 e. The highest BCUT2D eigenvalue weighted by Gasteiger charge is 2.46. The van der Waals surface area contributed by atoms with E-state index in [4.69, 9.17) is 10.5 Å². The van der Waals surface area contributed by atoms with Gasteiger partial charge < -0.3 is 0 Å². The molecule has 0 saturated heterocycles. The van der Waals surface area contributed by atoms with Gasteiger partial charge in [0, 0.05) is 22.3 Å². The molecule has 1 aliphatic carbocycles. The third-order valence-corrected chi connectivity index (χ3v) is 6.99. The molecule has 0 bridgehead atoms. The Morgan fingerprint density at radius 1 is 0.490 bits per heavy atom. The minimum atomic E-state index is -2.74. The summed E-state index contributed by atoms with van der Waals surface area (Å²) in [7, 11) is 0. The van der Waals surface area contributed by atoms with Crippen LogP contribution in [0.15, 0.2) is 16.7 Å². The predicted molar refractivity (Wildman–Crippen MR) is 137 cm³/mol. The fraction of sp³-hybridized carbons (Fsp3) is 0.0333. The van der Waals surface area contributed by atoms with Crippen molar-refractivity contribution < 1.29 is 53.2 Å². The summed E-state index contributed by atoms with van der Waals surface area (Å²) in [5, 5.41) is 58.5. The second kappa shape index (κ2) is 12.3. The van der Waals surface area contributed by atoms with E-state index in [2.05, 4.69) is 0 Å². The molecule has 0 amide bonds. The molecule has 1 saturated carbocycles. The van der Waals surface area contributed by atoms with Crippen molar-refractivity contribution in [2.75, 3.05) is 0 Å². The molecule has 0 heterocycles. The molecule has 0 aromatic heterocycles. The fourth-order valence-corrected chi connectivity index (χ4v) is 4.73. The minimum absolute atomic E-state index is 0.696. The molecule has 4 rings (SSSR count). The van der Waals surface area contributed by atoms with Gasteiger partial charge in [0.1, 0.15) is 41.7 Å². The number of nitro benzene ring substituents is 1. The highest BCUT2D eigenvalue weighted by molar-refractivity contribution is 6.12. The predicted octanol–water partition coefficient (Wildman–Crippen LogP) is 7.42. The molecule has 1 fully saturated rings. The van der Waals surface area contributed by atoms with Crippen LogP contribution in [0.1, 0.15) is 33.4 Å². The molecule has 19 heteroatoms. The first-order valence-corrected chi connectivity index (χ1v) is 12.3. The average molecular weight is 688 g/mol. The summed E-state index contributed by atoms with van der Waals surface area (Å²) in [5.74, 6) is -27.1. The Hall–Kier alpha value is -7.04. The van der Waals surface area contributed by atoms with E-state index in [9.17, 15) is 47.9 Å². The summed E-state index contributed by atoms with van der Waals surface area (Å²) in [6.45, 7) is 0.696. The van der Waals surface area contributed by atoms with E-state index in [-0.39, 0.29) is 0 Å². The molecule has 8 nitrogen and oxygen atoms in total. The molecule has 49 heavy (non-hydrogen) atoms. The molecule has 0 N–H and O–H groups in total. The third-order valence-electron chi connectivity index (χ3n) is 6.99. The Morgan fingerprint density at radius 2 is 0.776 bits per heavy atom. The van der Waals surface area contributed by atoms with Crippen LogP contribution in [0.3, 0.4) is 0 Å². The summed E-state index contributed by atoms with van der Waals surface area (Å²) in [6.07, 6.45) is 0. The van der Waals surface area contributed by atoms with Crippen LogP contribution in [-0.4, -0.2) is 4.92 Å². The lowest BCUT2D eigenvalue weighted by atomic mass is 9.96. The molecule has 0 aliphatic heterocycles. The number of rotatable bonds is 4. The second-order valence-corrected chi connectivity index (χ2v) is 9.37. The number of hydrogen-bond donors (Lipinski definition) is 0. The van der Waals surface area contributed by atoms with Gasteiger partial charge in [0.15, 0.2) is 46.5 Å². The number of benzene rings is 3. The lowest BCUT2D eigenvalue weighted by Gasteiger charge is -2.09. The second-order valence-electron chi connectivity index (χ2n) is 9.37. The molecular formula is C30H3F11N6O2. The smallest absolute Gasteiger partial charge is 0.258 e. The Bertz CT molecular complexity index is 2250. The molecule has 1 aliphatic rings. The van der Waals surface area contributed by atoms with Gasteiger partial charge in [-0.2, -0.15) is 35.1 Å². The van der Waals surface area contributed by atoms with E-state index >= 15 is 26.3 Å². The van der Waals surface area contributed by atoms with Crippen molar-refractivity contribution in [1.82, 2.24) is 0 Å². The fourth-order valence-electron chi connectivity index (χ4n) is 4.73. The van der Waals surface area contributed by atoms with Crippen LogP contribution in [0.2, 0.25) is 0 Å². The number of nitro groups is 1. The van der Waals surface area contributed by atoms with E-state index in [1.165, 1.54) is 0 Å². The van der Waals surface area contributed by atoms with Gasteiger partial charge in [-0.1, -0.05) is 0 Å². The van der Waals surface area contributed by atoms with Crippen LogP contribution in [0, 0.1) is 138 Å². The first-order valence-electron chi connectivity index (χ1n) is 12.3. The van der Waals surface area contributed by atoms with Gasteiger partial charge in [-0.3, -0.25) is 10.1 Å². The van der Waals surface area contributed by atoms with Gasteiger partial charge in [0.2, 0.25) is 11.6 Å². The summed E-state index contributed by atoms with van der Waals surface area (Å²) >= 11 is 0. The highest BCUT2D eigenvalue weighted by atomic mass is 19.2. The zero-order valence-corrected chi connectivity index (χ0v) is 23.2. The summed E-state index contributed by atoms with van der Waals surface area (Å²) < 4.78 is 164. The van der Waals surface area contributed by atoms with E-state index in [0.29, 0.717) is 6.92 Å². The van der Waals surface area contributed by atoms with Crippen molar-refractivity contribution in [2.24, 2.45) is 0 Å². The number of hydrogen-bond acceptors (Lipinski definition) is 7. The van der Waals surface area contributed by atoms with E-state index in [1.54, 1.807) is 0 Å². The van der Waals surface area contributed by atoms with Gasteiger partial charge in [0.05, 0.1) is 43.9 Å². The Kier molecular flexibility index (Phi) is 8.73. The van der Waals surface area contributed by atoms with Crippen LogP contribution in [0.25, 0.3) is 16.7 Å². The van der Waals surface area contributed by atoms with Crippen molar-refractivity contribution in [3.63, 3.8) is 0 Å². The molecule has 0 atom stereocenters. The van der Waals surface area contributed by atoms with Crippen LogP contribution in [-0.2, 0) is 0 Å². The van der Waals surface area contributed by atoms with E-state index < -0.39 is 141 Å². The Morgan fingerprint density at radius 3 is 1.06 bits per heavy atom. The molecule has 0 spiro atoms. The highest BCUT2D eigenvalue weighted by Crippen LogP contribution is 2.57. The molecular weight excluding hydrogens is 685 g/mol. The van der Waals surface area contributed by atoms with Crippen molar-refractivity contribution in [3.8, 4) is 30.3 Å². The zero-order valence-electron chi connectivity index (χ0n) is 23.2. The third kappa shape index (κ3) is 4.87. The quantitative estimate of drug-likeness (QED) is 0.0906. The maximum Gasteiger partial charge on any atom is 0.346 e. The lowest BCUT2D eigenvalue weighted by molar-refractivity contribution is -0.390. The maximum atomic E-state index is 15.4. The summed E-state index contributed by atoms with van der Waals surface area (Å²) in [4.78, 5) is 9.09. The average Bonchev–Trinajstić information content (AvgIpc) is 3.78. The standard InChI is InChI=1S/C30H3F11N6O2/c1-7-8(2-42)20(32)23(35)16(19(7)31)9(3-43)13-14(10(4-44)17-24(36)21(33)12(6-46)22(34)25(17)37)15(13)11(5-45)18-26(38)28(40)30(47(48)49)29(41)27(18)39/h1H3/b13-9-,14-10?,15-11-. The first kappa shape index (κ1) is 34.8. The largest absolute Gasteiger partial charge is 0.346 e. The number of nitriles is 5. The number of halogens is 11. The van der Waals surface area contributed by atoms with Gasteiger partial charge in [-0.15, -0.1) is 0 Å². The van der Waals surface area contributed by atoms with Crippen molar-refractivity contribution in [3.05, 3.63) is 124 Å². The number of nitrogens with zero attached hydrogens (tertiary/aromatic N) is 6. The van der Waals surface area contributed by atoms with Gasteiger partial charge in [-0.05, 0) is 6.92 Å². The van der Waals surface area contributed by atoms with Crippen LogP contribution >= 0.6 is 0 Å². The first-order chi connectivity index (χ1) is 23.0. The lowest BCUT2D eigenvalue weighted by Crippen LogP contribution is -2.08. The summed E-state index contributed by atoms with van der Waals surface area (Å²) in [6, 6.07) is 4.92. The van der Waals surface area contributed by atoms with E-state index in [0.717, 1.165) is 30.3 Å². The molecule has 0 radical (unpaired) electrons. The SMILES string of the molecule is Cc1c(F)c(/C(C#N)=C2/C(=C(C#N)c3c(F)c(F)c(C#N)c(F)c3F)/C2=C(/C#N)c2c(F)c(F)c([N+](=O)[O-])c(F)c2F)c(F)c(F)c1C#N. The summed E-state index contributed by atoms with van der Waals surface area (Å²) in [5.41, 5.74) is -21.7. The molecule has 3 aromatic rings. The van der Waals surface area contributed by atoms with E-state index in [1.807, 2.05) is 0 Å². The van der Waals surface area contributed by atoms with Crippen molar-refractivity contribution >= 4 is 22.4 Å². The Balaban J connectivity index is 2.38. The molecule has 242 valence electrons. The van der Waals surface area contributed by atoms with Crippen LogP contribution < -0.4 is 0 Å². The topological polar surface area (TPSA) is 162 Å². The monoisotopic (exact) mass is 688 g/mol. The van der Waals surface area contributed by atoms with Gasteiger partial charge >= 0.3 is 5.69 Å². The zero-order chi connectivity index (χ0) is 37.0. The molecule has 0 unspecified atom stereocenters. The van der Waals surface area contributed by atoms with Gasteiger partial charge in [-0.25, -0.2) is 39.5 Å². The normalized spacial score (nSPS) is 14.9. The maximum absolute atomic E-state index is 15.4. The number of allylic oxidation sites excluding steroid dienone is 6. The van der Waals surface area contributed by atoms with Crippen molar-refractivity contribution in [1.29, 1.82) is 26.3 Å². The van der Waals surface area contributed by atoms with Crippen LogP contribution in [0.5, 0.6) is 0 Å².